The maximum atomic E-state index is 13.9. The van der Waals surface area contributed by atoms with E-state index in [0.717, 1.165) is 0 Å². The number of hydrogen-bond acceptors (Lipinski definition) is 14. The molecule has 6 rings (SSSR count). The van der Waals surface area contributed by atoms with Gasteiger partial charge in [-0.15, -0.1) is 0 Å². The molecule has 2 aromatic heterocycles. The maximum absolute atomic E-state index is 13.9. The number of halogens is 2. The second-order valence-corrected chi connectivity index (χ2v) is 25.5. The molecule has 4 heterocycles. The van der Waals surface area contributed by atoms with Gasteiger partial charge in [-0.25, -0.2) is 16.8 Å². The average molecular weight is 1070 g/mol. The van der Waals surface area contributed by atoms with Crippen molar-refractivity contribution in [2.75, 3.05) is 21.7 Å². The van der Waals surface area contributed by atoms with Gasteiger partial charge < -0.3 is 18.9 Å². The third kappa shape index (κ3) is 13.5. The number of nitrogens with zero attached hydrogens (tertiary/aromatic N) is 8. The van der Waals surface area contributed by atoms with Crippen LogP contribution in [-0.4, -0.2) is 84.8 Å². The van der Waals surface area contributed by atoms with Gasteiger partial charge >= 0.3 is 11.9 Å². The number of carbonyl (C=O) groups is 2. The topological polar surface area (TPSA) is 229 Å². The SMILES string of the molecule is CCn1cc(S(=O)(=O)N2C[C@@H](CC(C)(C)C#N)Oc3ccc(CC(=O)OC(C)(C)C)c(C)c32)c(Cl)n1.CCn1cc(S(=O)(=O)N2C[C@H](CC(C)(C)C#N)Oc3ccc(CC(=O)OC(C)(C)C)c(C)c32)c(Cl)n1. The Bertz CT molecular complexity index is 2810. The van der Waals surface area contributed by atoms with E-state index in [1.165, 1.54) is 30.4 Å². The van der Waals surface area contributed by atoms with Crippen LogP contribution in [0.15, 0.2) is 46.5 Å². The van der Waals surface area contributed by atoms with Crippen LogP contribution in [0.2, 0.25) is 10.3 Å². The molecule has 0 aliphatic carbocycles. The van der Waals surface area contributed by atoms with E-state index in [0.29, 0.717) is 71.1 Å². The van der Waals surface area contributed by atoms with Crippen molar-refractivity contribution in [2.45, 2.75) is 169 Å². The predicted octanol–water partition coefficient (Wildman–Crippen LogP) is 9.29. The zero-order chi connectivity index (χ0) is 54.1. The van der Waals surface area contributed by atoms with Gasteiger partial charge in [-0.05, 0) is 131 Å². The Morgan fingerprint density at radius 3 is 1.26 bits per heavy atom. The first-order valence-electron chi connectivity index (χ1n) is 23.5. The Kier molecular flexibility index (Phi) is 17.1. The highest BCUT2D eigenvalue weighted by atomic mass is 35.5. The Labute approximate surface area is 434 Å². The van der Waals surface area contributed by atoms with Crippen molar-refractivity contribution in [1.29, 1.82) is 10.5 Å². The molecule has 72 heavy (non-hydrogen) atoms. The van der Waals surface area contributed by atoms with Crippen LogP contribution in [0, 0.1) is 47.3 Å². The van der Waals surface area contributed by atoms with E-state index < -0.39 is 66.2 Å². The first kappa shape index (κ1) is 57.4. The lowest BCUT2D eigenvalue weighted by Gasteiger charge is -2.38. The second kappa shape index (κ2) is 21.5. The molecule has 2 aliphatic rings. The van der Waals surface area contributed by atoms with E-state index in [1.807, 2.05) is 13.8 Å². The molecule has 0 fully saturated rings. The lowest BCUT2D eigenvalue weighted by Crippen LogP contribution is -2.45. The number of benzene rings is 2. The number of hydrogen-bond donors (Lipinski definition) is 0. The predicted molar refractivity (Wildman–Crippen MR) is 273 cm³/mol. The molecule has 0 spiro atoms. The summed E-state index contributed by atoms with van der Waals surface area (Å²) < 4.78 is 84.4. The van der Waals surface area contributed by atoms with Gasteiger partial charge in [-0.1, -0.05) is 35.3 Å². The van der Waals surface area contributed by atoms with Crippen molar-refractivity contribution in [2.24, 2.45) is 10.8 Å². The number of aryl methyl sites for hydroxylation is 2. The van der Waals surface area contributed by atoms with Crippen LogP contribution in [-0.2, 0) is 65.0 Å². The van der Waals surface area contributed by atoms with E-state index >= 15 is 0 Å². The number of anilines is 2. The molecule has 22 heteroatoms. The van der Waals surface area contributed by atoms with E-state index in [9.17, 15) is 36.9 Å². The summed E-state index contributed by atoms with van der Waals surface area (Å²) in [5, 5.41) is 27.0. The molecule has 18 nitrogen and oxygen atoms in total. The van der Waals surface area contributed by atoms with Gasteiger partial charge in [-0.3, -0.25) is 27.6 Å². The Balaban J connectivity index is 0.000000267. The smallest absolute Gasteiger partial charge is 0.310 e. The van der Waals surface area contributed by atoms with Crippen molar-refractivity contribution in [1.82, 2.24) is 19.6 Å². The quantitative estimate of drug-likeness (QED) is 0.107. The van der Waals surface area contributed by atoms with Crippen LogP contribution >= 0.6 is 23.2 Å². The molecule has 0 amide bonds. The van der Waals surface area contributed by atoms with E-state index in [2.05, 4.69) is 22.3 Å². The fraction of sp³-hybridized carbons (Fsp3) is 0.560. The first-order chi connectivity index (χ1) is 33.1. The van der Waals surface area contributed by atoms with E-state index in [-0.39, 0.29) is 46.0 Å². The minimum Gasteiger partial charge on any atom is -0.486 e. The minimum atomic E-state index is -4.15. The summed E-state index contributed by atoms with van der Waals surface area (Å²) in [5.74, 6) is -0.129. The van der Waals surface area contributed by atoms with Gasteiger partial charge in [0.25, 0.3) is 20.0 Å². The van der Waals surface area contributed by atoms with Crippen molar-refractivity contribution < 1.29 is 45.4 Å². The standard InChI is InChI=1S/2C25H33ClN4O5S/c2*1-8-29-14-20(23(26)28-29)36(32,33)30-13-18(12-25(6,7)15-27)34-19-10-9-17(16(2)22(19)30)11-21(31)35-24(3,4)5/h2*9-10,14,18H,8,11-13H2,1-7H3/t2*18-/m10/s1. The van der Waals surface area contributed by atoms with Crippen molar-refractivity contribution >= 4 is 66.6 Å². The molecule has 392 valence electrons. The van der Waals surface area contributed by atoms with Gasteiger partial charge in [0, 0.05) is 38.3 Å². The normalized spacial score (nSPS) is 16.2. The fourth-order valence-corrected chi connectivity index (χ4v) is 12.3. The van der Waals surface area contributed by atoms with Gasteiger partial charge in [0.1, 0.15) is 44.7 Å². The summed E-state index contributed by atoms with van der Waals surface area (Å²) in [5.41, 5.74) is 0.337. The van der Waals surface area contributed by atoms with Crippen LogP contribution in [0.3, 0.4) is 0 Å². The number of aromatic nitrogens is 4. The third-order valence-corrected chi connectivity index (χ3v) is 15.9. The van der Waals surface area contributed by atoms with Gasteiger partial charge in [0.05, 0.1) is 60.3 Å². The zero-order valence-corrected chi connectivity index (χ0v) is 46.7. The highest BCUT2D eigenvalue weighted by Crippen LogP contribution is 2.45. The van der Waals surface area contributed by atoms with Crippen molar-refractivity contribution in [3.8, 4) is 23.6 Å². The molecule has 0 saturated heterocycles. The maximum Gasteiger partial charge on any atom is 0.310 e. The lowest BCUT2D eigenvalue weighted by atomic mass is 9.88. The second-order valence-electron chi connectivity index (χ2n) is 21.2. The molecule has 4 aromatic rings. The number of ether oxygens (including phenoxy) is 4. The number of sulfonamides is 2. The number of rotatable bonds is 14. The highest BCUT2D eigenvalue weighted by Gasteiger charge is 2.42. The van der Waals surface area contributed by atoms with Gasteiger partial charge in [-0.2, -0.15) is 20.7 Å². The summed E-state index contributed by atoms with van der Waals surface area (Å²) in [6.07, 6.45) is 2.25. The third-order valence-electron chi connectivity index (χ3n) is 11.6. The molecule has 0 bridgehead atoms. The summed E-state index contributed by atoms with van der Waals surface area (Å²) >= 11 is 12.5. The Morgan fingerprint density at radius 2 is 0.986 bits per heavy atom. The molecule has 2 aromatic carbocycles. The number of carbonyl (C=O) groups excluding carboxylic acids is 2. The molecule has 0 unspecified atom stereocenters. The van der Waals surface area contributed by atoms with E-state index in [1.54, 1.807) is 107 Å². The van der Waals surface area contributed by atoms with Crippen molar-refractivity contribution in [3.05, 3.63) is 69.2 Å². The average Bonchev–Trinajstić information content (AvgIpc) is 3.86. The number of esters is 2. The van der Waals surface area contributed by atoms with Crippen LogP contribution in [0.25, 0.3) is 0 Å². The zero-order valence-electron chi connectivity index (χ0n) is 43.5. The largest absolute Gasteiger partial charge is 0.486 e. The highest BCUT2D eigenvalue weighted by molar-refractivity contribution is 7.93. The van der Waals surface area contributed by atoms with Crippen LogP contribution in [0.4, 0.5) is 11.4 Å². The van der Waals surface area contributed by atoms with Gasteiger partial charge in [0.15, 0.2) is 10.3 Å². The lowest BCUT2D eigenvalue weighted by molar-refractivity contribution is -0.155. The Morgan fingerprint density at radius 1 is 0.653 bits per heavy atom. The van der Waals surface area contributed by atoms with Crippen LogP contribution in [0.1, 0.15) is 118 Å². The fourth-order valence-electron chi connectivity index (χ4n) is 8.22. The number of fused-ring (bicyclic) bond motifs is 2. The van der Waals surface area contributed by atoms with E-state index in [4.69, 9.17) is 42.1 Å². The summed E-state index contributed by atoms with van der Waals surface area (Å²) in [6.45, 7) is 25.9. The molecular formula is C50H66Cl2N8O10S2. The molecule has 2 aliphatic heterocycles. The number of nitriles is 2. The van der Waals surface area contributed by atoms with Crippen LogP contribution < -0.4 is 18.1 Å². The summed E-state index contributed by atoms with van der Waals surface area (Å²) in [7, 11) is -8.30. The Hall–Kier alpha value is -5.54. The monoisotopic (exact) mass is 1070 g/mol. The first-order valence-corrected chi connectivity index (χ1v) is 27.1. The van der Waals surface area contributed by atoms with Gasteiger partial charge in [0.2, 0.25) is 0 Å². The van der Waals surface area contributed by atoms with Crippen LogP contribution in [0.5, 0.6) is 11.5 Å². The summed E-state index contributed by atoms with van der Waals surface area (Å²) in [4.78, 5) is 24.8. The van der Waals surface area contributed by atoms with Crippen molar-refractivity contribution in [3.63, 3.8) is 0 Å². The molecular weight excluding hydrogens is 1010 g/mol. The summed E-state index contributed by atoms with van der Waals surface area (Å²) in [6, 6.07) is 11.3. The molecule has 2 atom stereocenters. The minimum absolute atomic E-state index is 0.0230. The molecule has 0 N–H and O–H groups in total. The molecule has 0 radical (unpaired) electrons. The molecule has 0 saturated carbocycles.